The predicted octanol–water partition coefficient (Wildman–Crippen LogP) is 3.48. The molecular formula is C20H22N2O4S. The van der Waals surface area contributed by atoms with Crippen molar-refractivity contribution < 1.29 is 19.1 Å². The summed E-state index contributed by atoms with van der Waals surface area (Å²) < 4.78 is 4.81. The maximum absolute atomic E-state index is 12.6. The van der Waals surface area contributed by atoms with Crippen LogP contribution >= 0.6 is 11.8 Å². The molecule has 0 bridgehead atoms. The summed E-state index contributed by atoms with van der Waals surface area (Å²) in [5.41, 5.74) is 2.51. The van der Waals surface area contributed by atoms with Gasteiger partial charge in [-0.1, -0.05) is 24.3 Å². The first-order chi connectivity index (χ1) is 13.0. The number of esters is 1. The first-order valence-electron chi connectivity index (χ1n) is 8.50. The van der Waals surface area contributed by atoms with E-state index in [1.165, 1.54) is 0 Å². The first-order valence-corrected chi connectivity index (χ1v) is 9.65. The molecule has 0 atom stereocenters. The number of carbonyl (C=O) groups is 3. The smallest absolute Gasteiger partial charge is 0.315 e. The van der Waals surface area contributed by atoms with Gasteiger partial charge in [-0.25, -0.2) is 0 Å². The summed E-state index contributed by atoms with van der Waals surface area (Å²) in [4.78, 5) is 36.0. The minimum atomic E-state index is -0.353. The van der Waals surface area contributed by atoms with E-state index < -0.39 is 0 Å². The van der Waals surface area contributed by atoms with Crippen molar-refractivity contribution in [1.82, 2.24) is 0 Å². The SMILES string of the molecule is CCOC(=O)CSCC(=O)Nc1ccccc1C(=O)Nc1cccc(C)c1. The minimum Gasteiger partial charge on any atom is -0.465 e. The summed E-state index contributed by atoms with van der Waals surface area (Å²) >= 11 is 1.16. The maximum Gasteiger partial charge on any atom is 0.315 e. The second-order valence-electron chi connectivity index (χ2n) is 5.72. The molecule has 0 aromatic heterocycles. The van der Waals surface area contributed by atoms with Crippen molar-refractivity contribution in [2.75, 3.05) is 28.7 Å². The quantitative estimate of drug-likeness (QED) is 0.679. The zero-order valence-electron chi connectivity index (χ0n) is 15.3. The summed E-state index contributed by atoms with van der Waals surface area (Å²) in [6.45, 7) is 3.99. The molecule has 0 saturated carbocycles. The average Bonchev–Trinajstić information content (AvgIpc) is 2.62. The number of amides is 2. The molecule has 0 aliphatic rings. The minimum absolute atomic E-state index is 0.0899. The van der Waals surface area contributed by atoms with E-state index in [2.05, 4.69) is 10.6 Å². The monoisotopic (exact) mass is 386 g/mol. The fourth-order valence-corrected chi connectivity index (χ4v) is 2.94. The first kappa shape index (κ1) is 20.5. The fourth-order valence-electron chi connectivity index (χ4n) is 2.33. The van der Waals surface area contributed by atoms with Crippen molar-refractivity contribution in [2.24, 2.45) is 0 Å². The van der Waals surface area contributed by atoms with Crippen LogP contribution in [-0.2, 0) is 14.3 Å². The predicted molar refractivity (Wildman–Crippen MR) is 108 cm³/mol. The molecule has 142 valence electrons. The molecule has 27 heavy (non-hydrogen) atoms. The van der Waals surface area contributed by atoms with Gasteiger partial charge in [0.2, 0.25) is 5.91 Å². The number of hydrogen-bond acceptors (Lipinski definition) is 5. The molecule has 0 unspecified atom stereocenters. The van der Waals surface area contributed by atoms with E-state index in [4.69, 9.17) is 4.74 Å². The molecule has 0 saturated heterocycles. The number of ether oxygens (including phenoxy) is 1. The molecule has 7 heteroatoms. The highest BCUT2D eigenvalue weighted by atomic mass is 32.2. The van der Waals surface area contributed by atoms with Crippen LogP contribution in [0.25, 0.3) is 0 Å². The van der Waals surface area contributed by atoms with Crippen molar-refractivity contribution in [3.63, 3.8) is 0 Å². The van der Waals surface area contributed by atoms with Gasteiger partial charge in [-0.15, -0.1) is 11.8 Å². The molecule has 0 aliphatic carbocycles. The number of carbonyl (C=O) groups excluding carboxylic acids is 3. The number of anilines is 2. The molecule has 2 N–H and O–H groups in total. The number of aryl methyl sites for hydroxylation is 1. The molecule has 2 amide bonds. The lowest BCUT2D eigenvalue weighted by Crippen LogP contribution is -2.20. The molecule has 0 radical (unpaired) electrons. The van der Waals surface area contributed by atoms with Gasteiger partial charge in [-0.2, -0.15) is 0 Å². The molecule has 0 heterocycles. The summed E-state index contributed by atoms with van der Waals surface area (Å²) in [7, 11) is 0. The molecule has 0 aliphatic heterocycles. The van der Waals surface area contributed by atoms with Gasteiger partial charge in [0.05, 0.1) is 29.4 Å². The topological polar surface area (TPSA) is 84.5 Å². The average molecular weight is 386 g/mol. The Kier molecular flexibility index (Phi) is 7.88. The molecule has 0 fully saturated rings. The summed E-state index contributed by atoms with van der Waals surface area (Å²) in [6.07, 6.45) is 0. The number of rotatable bonds is 8. The highest BCUT2D eigenvalue weighted by Crippen LogP contribution is 2.18. The second-order valence-corrected chi connectivity index (χ2v) is 6.70. The van der Waals surface area contributed by atoms with Gasteiger partial charge in [0.15, 0.2) is 0 Å². The van der Waals surface area contributed by atoms with Crippen LogP contribution < -0.4 is 10.6 Å². The third kappa shape index (κ3) is 6.79. The van der Waals surface area contributed by atoms with Crippen molar-refractivity contribution in [1.29, 1.82) is 0 Å². The third-order valence-corrected chi connectivity index (χ3v) is 4.39. The van der Waals surface area contributed by atoms with Gasteiger partial charge in [-0.05, 0) is 43.7 Å². The Morgan fingerprint density at radius 2 is 1.78 bits per heavy atom. The van der Waals surface area contributed by atoms with Crippen LogP contribution in [0, 0.1) is 6.92 Å². The third-order valence-electron chi connectivity index (χ3n) is 3.48. The van der Waals surface area contributed by atoms with Crippen LogP contribution in [-0.4, -0.2) is 35.9 Å². The van der Waals surface area contributed by atoms with Gasteiger partial charge in [0, 0.05) is 5.69 Å². The molecule has 0 spiro atoms. The fraction of sp³-hybridized carbons (Fsp3) is 0.250. The van der Waals surface area contributed by atoms with E-state index in [1.807, 2.05) is 25.1 Å². The number of para-hydroxylation sites is 1. The van der Waals surface area contributed by atoms with Gasteiger partial charge in [0.1, 0.15) is 0 Å². The van der Waals surface area contributed by atoms with Crippen LogP contribution in [0.15, 0.2) is 48.5 Å². The summed E-state index contributed by atoms with van der Waals surface area (Å²) in [5.74, 6) is -0.757. The van der Waals surface area contributed by atoms with Crippen LogP contribution in [0.1, 0.15) is 22.8 Å². The summed E-state index contributed by atoms with van der Waals surface area (Å²) in [6, 6.07) is 14.3. The molecule has 6 nitrogen and oxygen atoms in total. The van der Waals surface area contributed by atoms with Crippen molar-refractivity contribution in [3.05, 3.63) is 59.7 Å². The van der Waals surface area contributed by atoms with E-state index in [9.17, 15) is 14.4 Å². The van der Waals surface area contributed by atoms with Gasteiger partial charge in [0.25, 0.3) is 5.91 Å². The van der Waals surface area contributed by atoms with Gasteiger partial charge in [-0.3, -0.25) is 14.4 Å². The number of thioether (sulfide) groups is 1. The zero-order valence-corrected chi connectivity index (χ0v) is 16.1. The lowest BCUT2D eigenvalue weighted by Gasteiger charge is -2.12. The number of benzene rings is 2. The van der Waals surface area contributed by atoms with Crippen molar-refractivity contribution in [3.8, 4) is 0 Å². The molecular weight excluding hydrogens is 364 g/mol. The lowest BCUT2D eigenvalue weighted by atomic mass is 10.1. The van der Waals surface area contributed by atoms with Crippen molar-refractivity contribution >= 4 is 40.9 Å². The van der Waals surface area contributed by atoms with Crippen LogP contribution in [0.5, 0.6) is 0 Å². The van der Waals surface area contributed by atoms with E-state index >= 15 is 0 Å². The number of hydrogen-bond donors (Lipinski definition) is 2. The molecule has 2 aromatic rings. The van der Waals surface area contributed by atoms with Crippen LogP contribution in [0.2, 0.25) is 0 Å². The van der Waals surface area contributed by atoms with Crippen LogP contribution in [0.4, 0.5) is 11.4 Å². The maximum atomic E-state index is 12.6. The number of nitrogens with one attached hydrogen (secondary N) is 2. The largest absolute Gasteiger partial charge is 0.465 e. The van der Waals surface area contributed by atoms with E-state index in [0.29, 0.717) is 23.5 Å². The second kappa shape index (κ2) is 10.4. The molecule has 2 rings (SSSR count). The zero-order chi connectivity index (χ0) is 19.6. The Bertz CT molecular complexity index is 823. The summed E-state index contributed by atoms with van der Waals surface area (Å²) in [5, 5.41) is 5.55. The highest BCUT2D eigenvalue weighted by Gasteiger charge is 2.14. The van der Waals surface area contributed by atoms with Gasteiger partial charge < -0.3 is 15.4 Å². The van der Waals surface area contributed by atoms with E-state index in [-0.39, 0.29) is 29.3 Å². The lowest BCUT2D eigenvalue weighted by molar-refractivity contribution is -0.139. The Morgan fingerprint density at radius 3 is 2.52 bits per heavy atom. The normalized spacial score (nSPS) is 10.1. The Morgan fingerprint density at radius 1 is 1.00 bits per heavy atom. The van der Waals surface area contributed by atoms with E-state index in [1.54, 1.807) is 37.3 Å². The van der Waals surface area contributed by atoms with Crippen LogP contribution in [0.3, 0.4) is 0 Å². The van der Waals surface area contributed by atoms with Crippen molar-refractivity contribution in [2.45, 2.75) is 13.8 Å². The Balaban J connectivity index is 1.97. The van der Waals surface area contributed by atoms with Gasteiger partial charge >= 0.3 is 5.97 Å². The highest BCUT2D eigenvalue weighted by molar-refractivity contribution is 8.00. The Hall–Kier alpha value is -2.80. The Labute approximate surface area is 162 Å². The molecule has 2 aromatic carbocycles. The van der Waals surface area contributed by atoms with E-state index in [0.717, 1.165) is 17.3 Å². The standard InChI is InChI=1S/C20H22N2O4S/c1-3-26-19(24)13-27-12-18(23)22-17-10-5-4-9-16(17)20(25)21-15-8-6-7-14(2)11-15/h4-11H,3,12-13H2,1-2H3,(H,21,25)(H,22,23).